The molecular weight excluding hydrogens is 264 g/mol. The van der Waals surface area contributed by atoms with Gasteiger partial charge < -0.3 is 15.4 Å². The zero-order valence-corrected chi connectivity index (χ0v) is 13.3. The van der Waals surface area contributed by atoms with E-state index in [4.69, 9.17) is 10.5 Å². The van der Waals surface area contributed by atoms with Crippen LogP contribution in [0.25, 0.3) is 0 Å². The fraction of sp³-hybridized carbons (Fsp3) is 0.625. The Labute approximate surface area is 128 Å². The third-order valence-electron chi connectivity index (χ3n) is 3.86. The van der Waals surface area contributed by atoms with E-state index in [0.29, 0.717) is 0 Å². The Morgan fingerprint density at radius 1 is 1.10 bits per heavy atom. The van der Waals surface area contributed by atoms with E-state index in [-0.39, 0.29) is 0 Å². The summed E-state index contributed by atoms with van der Waals surface area (Å²) in [6, 6.07) is 7.63. The van der Waals surface area contributed by atoms with Crippen molar-refractivity contribution >= 4 is 5.69 Å². The molecule has 1 saturated heterocycles. The van der Waals surface area contributed by atoms with Crippen LogP contribution >= 0.6 is 0 Å². The summed E-state index contributed by atoms with van der Waals surface area (Å²) in [5.41, 5.74) is 6.49. The molecule has 0 unspecified atom stereocenters. The molecule has 0 amide bonds. The molecule has 1 aliphatic rings. The zero-order chi connectivity index (χ0) is 15.1. The molecule has 5 nitrogen and oxygen atoms in total. The maximum atomic E-state index is 5.75. The largest absolute Gasteiger partial charge is 0.492 e. The van der Waals surface area contributed by atoms with Gasteiger partial charge in [0.2, 0.25) is 0 Å². The summed E-state index contributed by atoms with van der Waals surface area (Å²) in [5, 5.41) is 0. The molecule has 118 valence electrons. The molecule has 1 aromatic rings. The lowest BCUT2D eigenvalue weighted by Gasteiger charge is -2.35. The number of piperazine rings is 1. The predicted molar refractivity (Wildman–Crippen MR) is 87.8 cm³/mol. The number of hydrogen-bond acceptors (Lipinski definition) is 5. The van der Waals surface area contributed by atoms with Gasteiger partial charge in [-0.05, 0) is 26.2 Å². The molecule has 1 heterocycles. The van der Waals surface area contributed by atoms with E-state index in [9.17, 15) is 0 Å². The van der Waals surface area contributed by atoms with Crippen LogP contribution in [0, 0.1) is 0 Å². The number of ether oxygens (including phenoxy) is 1. The summed E-state index contributed by atoms with van der Waals surface area (Å²) in [7, 11) is 4.26. The first-order valence-corrected chi connectivity index (χ1v) is 7.71. The fourth-order valence-corrected chi connectivity index (χ4v) is 2.47. The highest BCUT2D eigenvalue weighted by Crippen LogP contribution is 2.14. The summed E-state index contributed by atoms with van der Waals surface area (Å²) >= 11 is 0. The van der Waals surface area contributed by atoms with Crippen molar-refractivity contribution < 1.29 is 4.74 Å². The molecule has 21 heavy (non-hydrogen) atoms. The minimum Gasteiger partial charge on any atom is -0.492 e. The van der Waals surface area contributed by atoms with Gasteiger partial charge in [-0.25, -0.2) is 0 Å². The van der Waals surface area contributed by atoms with Crippen molar-refractivity contribution in [2.45, 2.75) is 0 Å². The molecule has 1 aliphatic heterocycles. The van der Waals surface area contributed by atoms with E-state index in [1.807, 2.05) is 24.3 Å². The van der Waals surface area contributed by atoms with E-state index < -0.39 is 0 Å². The second kappa shape index (κ2) is 8.22. The van der Waals surface area contributed by atoms with Gasteiger partial charge in [-0.2, -0.15) is 0 Å². The average molecular weight is 292 g/mol. The van der Waals surface area contributed by atoms with E-state index in [1.165, 1.54) is 6.54 Å². The molecule has 2 rings (SSSR count). The monoisotopic (exact) mass is 292 g/mol. The number of nitrogen functional groups attached to an aromatic ring is 1. The van der Waals surface area contributed by atoms with Gasteiger partial charge in [-0.3, -0.25) is 9.80 Å². The van der Waals surface area contributed by atoms with Crippen molar-refractivity contribution in [2.75, 3.05) is 72.2 Å². The smallest absolute Gasteiger partial charge is 0.121 e. The van der Waals surface area contributed by atoms with Gasteiger partial charge in [0.1, 0.15) is 12.4 Å². The average Bonchev–Trinajstić information content (AvgIpc) is 2.46. The molecule has 2 N–H and O–H groups in total. The van der Waals surface area contributed by atoms with Gasteiger partial charge in [0.25, 0.3) is 0 Å². The van der Waals surface area contributed by atoms with Crippen molar-refractivity contribution in [3.8, 4) is 5.75 Å². The summed E-state index contributed by atoms with van der Waals surface area (Å²) < 4.78 is 5.75. The highest BCUT2D eigenvalue weighted by atomic mass is 16.5. The second-order valence-corrected chi connectivity index (χ2v) is 5.91. The molecule has 0 spiro atoms. The Balaban J connectivity index is 1.60. The minimum atomic E-state index is 0.723. The Bertz CT molecular complexity index is 416. The van der Waals surface area contributed by atoms with Crippen molar-refractivity contribution in [3.63, 3.8) is 0 Å². The topological polar surface area (TPSA) is 45.0 Å². The SMILES string of the molecule is CN(C)CCN1CCN(CCOc2cccc(N)c2)CC1. The van der Waals surface area contributed by atoms with Gasteiger partial charge in [0.15, 0.2) is 0 Å². The number of nitrogens with two attached hydrogens (primary N) is 1. The molecule has 0 radical (unpaired) electrons. The number of rotatable bonds is 7. The van der Waals surface area contributed by atoms with Crippen molar-refractivity contribution in [3.05, 3.63) is 24.3 Å². The van der Waals surface area contributed by atoms with Gasteiger partial charge in [-0.15, -0.1) is 0 Å². The van der Waals surface area contributed by atoms with E-state index >= 15 is 0 Å². The van der Waals surface area contributed by atoms with Crippen LogP contribution < -0.4 is 10.5 Å². The maximum absolute atomic E-state index is 5.75. The summed E-state index contributed by atoms with van der Waals surface area (Å²) in [6.07, 6.45) is 0. The second-order valence-electron chi connectivity index (χ2n) is 5.91. The molecule has 0 atom stereocenters. The minimum absolute atomic E-state index is 0.723. The Morgan fingerprint density at radius 2 is 1.76 bits per heavy atom. The molecule has 0 saturated carbocycles. The Kier molecular flexibility index (Phi) is 6.29. The molecule has 1 aromatic carbocycles. The Morgan fingerprint density at radius 3 is 2.38 bits per heavy atom. The van der Waals surface area contributed by atoms with Crippen LogP contribution in [0.3, 0.4) is 0 Å². The lowest BCUT2D eigenvalue weighted by molar-refractivity contribution is 0.112. The van der Waals surface area contributed by atoms with E-state index in [2.05, 4.69) is 28.8 Å². The van der Waals surface area contributed by atoms with Gasteiger partial charge >= 0.3 is 0 Å². The molecule has 0 aromatic heterocycles. The number of anilines is 1. The molecule has 0 bridgehead atoms. The standard InChI is InChI=1S/C16H28N4O/c1-18(2)6-7-19-8-10-20(11-9-19)12-13-21-16-5-3-4-15(17)14-16/h3-5,14H,6-13,17H2,1-2H3. The molecule has 1 fully saturated rings. The maximum Gasteiger partial charge on any atom is 0.121 e. The van der Waals surface area contributed by atoms with Crippen molar-refractivity contribution in [2.24, 2.45) is 0 Å². The Hall–Kier alpha value is -1.30. The molecule has 5 heteroatoms. The molecule has 0 aliphatic carbocycles. The fourth-order valence-electron chi connectivity index (χ4n) is 2.47. The number of nitrogens with zero attached hydrogens (tertiary/aromatic N) is 3. The van der Waals surface area contributed by atoms with Gasteiger partial charge in [0.05, 0.1) is 0 Å². The highest BCUT2D eigenvalue weighted by Gasteiger charge is 2.16. The van der Waals surface area contributed by atoms with Crippen LogP contribution in [0.1, 0.15) is 0 Å². The lowest BCUT2D eigenvalue weighted by atomic mass is 10.3. The quantitative estimate of drug-likeness (QED) is 0.754. The summed E-state index contributed by atoms with van der Waals surface area (Å²) in [4.78, 5) is 7.25. The van der Waals surface area contributed by atoms with Crippen LogP contribution in [-0.2, 0) is 0 Å². The zero-order valence-electron chi connectivity index (χ0n) is 13.3. The first kappa shape index (κ1) is 16.1. The van der Waals surface area contributed by atoms with E-state index in [0.717, 1.165) is 57.3 Å². The number of likely N-dealkylation sites (N-methyl/N-ethyl adjacent to an activating group) is 1. The summed E-state index contributed by atoms with van der Waals surface area (Å²) in [5.74, 6) is 0.861. The first-order valence-electron chi connectivity index (χ1n) is 7.71. The predicted octanol–water partition coefficient (Wildman–Crippen LogP) is 0.827. The van der Waals surface area contributed by atoms with Crippen LogP contribution in [-0.4, -0.2) is 81.2 Å². The van der Waals surface area contributed by atoms with E-state index in [1.54, 1.807) is 0 Å². The first-order chi connectivity index (χ1) is 10.1. The lowest BCUT2D eigenvalue weighted by Crippen LogP contribution is -2.48. The van der Waals surface area contributed by atoms with Crippen LogP contribution in [0.4, 0.5) is 5.69 Å². The third-order valence-corrected chi connectivity index (χ3v) is 3.86. The number of hydrogen-bond donors (Lipinski definition) is 1. The number of benzene rings is 1. The van der Waals surface area contributed by atoms with Crippen LogP contribution in [0.2, 0.25) is 0 Å². The van der Waals surface area contributed by atoms with Gasteiger partial charge in [-0.1, -0.05) is 6.07 Å². The van der Waals surface area contributed by atoms with Crippen LogP contribution in [0.5, 0.6) is 5.75 Å². The molecular formula is C16H28N4O. The van der Waals surface area contributed by atoms with Crippen molar-refractivity contribution in [1.29, 1.82) is 0 Å². The van der Waals surface area contributed by atoms with Gasteiger partial charge in [0, 0.05) is 57.6 Å². The van der Waals surface area contributed by atoms with Crippen LogP contribution in [0.15, 0.2) is 24.3 Å². The van der Waals surface area contributed by atoms with Crippen molar-refractivity contribution in [1.82, 2.24) is 14.7 Å². The normalized spacial score (nSPS) is 17.3. The summed E-state index contributed by atoms with van der Waals surface area (Å²) in [6.45, 7) is 8.59. The highest BCUT2D eigenvalue weighted by molar-refractivity contribution is 5.43. The third kappa shape index (κ3) is 5.91.